The first-order valence-corrected chi connectivity index (χ1v) is 8.48. The lowest BCUT2D eigenvalue weighted by atomic mass is 10.4. The van der Waals surface area contributed by atoms with Gasteiger partial charge in [-0.05, 0) is 28.9 Å². The molecular formula is C11H12BrN3O2S2. The maximum atomic E-state index is 12.4. The van der Waals surface area contributed by atoms with E-state index in [-0.39, 0.29) is 4.90 Å². The molecule has 0 aliphatic heterocycles. The number of aryl methyl sites for hydroxylation is 1. The Hall–Kier alpha value is -0.830. The molecule has 0 N–H and O–H groups in total. The van der Waals surface area contributed by atoms with Gasteiger partial charge in [0.2, 0.25) is 10.0 Å². The fraction of sp³-hybridized carbons (Fsp3) is 0.273. The van der Waals surface area contributed by atoms with Gasteiger partial charge in [0, 0.05) is 35.3 Å². The van der Waals surface area contributed by atoms with Crippen molar-refractivity contribution in [3.05, 3.63) is 39.0 Å². The maximum Gasteiger partial charge on any atom is 0.244 e. The van der Waals surface area contributed by atoms with Crippen molar-refractivity contribution in [3.63, 3.8) is 0 Å². The Morgan fingerprint density at radius 1 is 1.42 bits per heavy atom. The first-order valence-electron chi connectivity index (χ1n) is 5.37. The van der Waals surface area contributed by atoms with Crippen molar-refractivity contribution in [2.75, 3.05) is 7.05 Å². The van der Waals surface area contributed by atoms with Gasteiger partial charge in [-0.2, -0.15) is 4.31 Å². The molecule has 0 amide bonds. The highest BCUT2D eigenvalue weighted by Crippen LogP contribution is 2.21. The average molecular weight is 362 g/mol. The lowest BCUT2D eigenvalue weighted by Crippen LogP contribution is -2.26. The minimum atomic E-state index is -3.53. The van der Waals surface area contributed by atoms with E-state index in [0.717, 1.165) is 10.6 Å². The number of halogens is 1. The molecule has 2 aromatic rings. The Balaban J connectivity index is 2.27. The van der Waals surface area contributed by atoms with Gasteiger partial charge in [-0.1, -0.05) is 0 Å². The quantitative estimate of drug-likeness (QED) is 0.838. The largest absolute Gasteiger partial charge is 0.262 e. The third-order valence-electron chi connectivity index (χ3n) is 2.60. The molecule has 102 valence electrons. The summed E-state index contributed by atoms with van der Waals surface area (Å²) < 4.78 is 26.7. The molecule has 2 aromatic heterocycles. The molecule has 0 bridgehead atoms. The summed E-state index contributed by atoms with van der Waals surface area (Å²) in [6.07, 6.45) is 2.89. The fourth-order valence-corrected chi connectivity index (χ4v) is 4.04. The maximum absolute atomic E-state index is 12.4. The van der Waals surface area contributed by atoms with Gasteiger partial charge in [0.1, 0.15) is 4.90 Å². The van der Waals surface area contributed by atoms with Gasteiger partial charge in [-0.3, -0.25) is 4.98 Å². The molecule has 0 unspecified atom stereocenters. The summed E-state index contributed by atoms with van der Waals surface area (Å²) in [6.45, 7) is 2.18. The zero-order valence-corrected chi connectivity index (χ0v) is 13.6. The van der Waals surface area contributed by atoms with E-state index in [1.807, 2.05) is 6.92 Å². The minimum absolute atomic E-state index is 0.173. The fourth-order valence-electron chi connectivity index (χ4n) is 1.48. The normalized spacial score (nSPS) is 12.0. The number of rotatable bonds is 4. The molecule has 0 saturated heterocycles. The van der Waals surface area contributed by atoms with Crippen molar-refractivity contribution >= 4 is 37.3 Å². The second-order valence-electron chi connectivity index (χ2n) is 3.96. The van der Waals surface area contributed by atoms with Gasteiger partial charge in [0.05, 0.1) is 11.2 Å². The van der Waals surface area contributed by atoms with Gasteiger partial charge < -0.3 is 0 Å². The molecule has 2 heterocycles. The van der Waals surface area contributed by atoms with E-state index in [9.17, 15) is 8.42 Å². The summed E-state index contributed by atoms with van der Waals surface area (Å²) in [5.41, 5.74) is 2.57. The summed E-state index contributed by atoms with van der Waals surface area (Å²) in [4.78, 5) is 9.11. The van der Waals surface area contributed by atoms with Crippen LogP contribution in [0.5, 0.6) is 0 Å². The van der Waals surface area contributed by atoms with Crippen LogP contribution in [0.3, 0.4) is 0 Å². The van der Waals surface area contributed by atoms with Crippen LogP contribution in [0, 0.1) is 6.92 Å². The average Bonchev–Trinajstić information content (AvgIpc) is 2.75. The Bertz CT molecular complexity index is 685. The molecule has 8 heteroatoms. The van der Waals surface area contributed by atoms with Crippen molar-refractivity contribution in [1.82, 2.24) is 14.3 Å². The molecule has 0 aromatic carbocycles. The Kier molecular flexibility index (Phi) is 4.34. The molecule has 0 atom stereocenters. The molecule has 0 radical (unpaired) electrons. The highest BCUT2D eigenvalue weighted by atomic mass is 79.9. The van der Waals surface area contributed by atoms with Crippen LogP contribution < -0.4 is 0 Å². The van der Waals surface area contributed by atoms with E-state index in [4.69, 9.17) is 0 Å². The first-order chi connectivity index (χ1) is 8.91. The number of nitrogens with zero attached hydrogens (tertiary/aromatic N) is 3. The monoisotopic (exact) mass is 361 g/mol. The van der Waals surface area contributed by atoms with Crippen LogP contribution in [-0.4, -0.2) is 29.7 Å². The lowest BCUT2D eigenvalue weighted by Gasteiger charge is -2.16. The van der Waals surface area contributed by atoms with Gasteiger partial charge in [-0.15, -0.1) is 11.3 Å². The van der Waals surface area contributed by atoms with Crippen LogP contribution in [0.2, 0.25) is 0 Å². The van der Waals surface area contributed by atoms with Crippen molar-refractivity contribution in [2.24, 2.45) is 0 Å². The predicted molar refractivity (Wildman–Crippen MR) is 77.4 cm³/mol. The molecule has 19 heavy (non-hydrogen) atoms. The van der Waals surface area contributed by atoms with Gasteiger partial charge in [0.25, 0.3) is 0 Å². The second kappa shape index (κ2) is 5.66. The lowest BCUT2D eigenvalue weighted by molar-refractivity contribution is 0.468. The van der Waals surface area contributed by atoms with Gasteiger partial charge >= 0.3 is 0 Å². The van der Waals surface area contributed by atoms with E-state index in [1.165, 1.54) is 21.8 Å². The van der Waals surface area contributed by atoms with Crippen LogP contribution >= 0.6 is 27.3 Å². The highest BCUT2D eigenvalue weighted by Gasteiger charge is 2.22. The topological polar surface area (TPSA) is 63.2 Å². The van der Waals surface area contributed by atoms with E-state index in [0.29, 0.717) is 11.0 Å². The van der Waals surface area contributed by atoms with Gasteiger partial charge in [0.15, 0.2) is 0 Å². The zero-order valence-electron chi connectivity index (χ0n) is 10.4. The molecule has 0 fully saturated rings. The number of hydrogen-bond acceptors (Lipinski definition) is 5. The van der Waals surface area contributed by atoms with Crippen LogP contribution in [-0.2, 0) is 16.6 Å². The molecule has 0 aliphatic carbocycles. The molecule has 5 nitrogen and oxygen atoms in total. The summed E-state index contributed by atoms with van der Waals surface area (Å²) >= 11 is 4.67. The number of sulfonamides is 1. The molecular weight excluding hydrogens is 350 g/mol. The third kappa shape index (κ3) is 3.19. The summed E-state index contributed by atoms with van der Waals surface area (Å²) in [6, 6.07) is 1.54. The SMILES string of the molecule is Cc1ncsc1CN(C)S(=O)(=O)c1cncc(Br)c1. The van der Waals surface area contributed by atoms with Crippen LogP contribution in [0.15, 0.2) is 33.3 Å². The number of aromatic nitrogens is 2. The number of hydrogen-bond donors (Lipinski definition) is 0. The van der Waals surface area contributed by atoms with E-state index in [1.54, 1.807) is 24.8 Å². The summed E-state index contributed by atoms with van der Waals surface area (Å²) in [7, 11) is -1.98. The van der Waals surface area contributed by atoms with E-state index in [2.05, 4.69) is 25.9 Å². The standard InChI is InChI=1S/C11H12BrN3O2S2/c1-8-11(18-7-14-8)6-15(2)19(16,17)10-3-9(12)4-13-5-10/h3-5,7H,6H2,1-2H3. The predicted octanol–water partition coefficient (Wildman–Crippen LogP) is 2.43. The molecule has 2 rings (SSSR count). The first kappa shape index (κ1) is 14.6. The Morgan fingerprint density at radius 3 is 2.74 bits per heavy atom. The van der Waals surface area contributed by atoms with Crippen LogP contribution in [0.1, 0.15) is 10.6 Å². The van der Waals surface area contributed by atoms with Crippen molar-refractivity contribution in [3.8, 4) is 0 Å². The van der Waals surface area contributed by atoms with Crippen molar-refractivity contribution in [1.29, 1.82) is 0 Å². The minimum Gasteiger partial charge on any atom is -0.262 e. The van der Waals surface area contributed by atoms with E-state index >= 15 is 0 Å². The number of thiazole rings is 1. The summed E-state index contributed by atoms with van der Waals surface area (Å²) in [5.74, 6) is 0. The highest BCUT2D eigenvalue weighted by molar-refractivity contribution is 9.10. The van der Waals surface area contributed by atoms with Crippen LogP contribution in [0.25, 0.3) is 0 Å². The van der Waals surface area contributed by atoms with Crippen molar-refractivity contribution in [2.45, 2.75) is 18.4 Å². The Labute approximate surface area is 124 Å². The number of pyridine rings is 1. The molecule has 0 spiro atoms. The van der Waals surface area contributed by atoms with Crippen molar-refractivity contribution < 1.29 is 8.42 Å². The summed E-state index contributed by atoms with van der Waals surface area (Å²) in [5, 5.41) is 0. The molecule has 0 saturated carbocycles. The smallest absolute Gasteiger partial charge is 0.244 e. The van der Waals surface area contributed by atoms with Crippen LogP contribution in [0.4, 0.5) is 0 Å². The molecule has 0 aliphatic rings. The second-order valence-corrected chi connectivity index (χ2v) is 7.86. The third-order valence-corrected chi connectivity index (χ3v) is 5.72. The van der Waals surface area contributed by atoms with Gasteiger partial charge in [-0.25, -0.2) is 13.4 Å². The Morgan fingerprint density at radius 2 is 2.16 bits per heavy atom. The zero-order chi connectivity index (χ0) is 14.0. The van der Waals surface area contributed by atoms with E-state index < -0.39 is 10.0 Å².